The minimum Gasteiger partial charge on any atom is -0.481 e. The molecule has 4 heteroatoms. The van der Waals surface area contributed by atoms with Crippen LogP contribution in [0.3, 0.4) is 0 Å². The van der Waals surface area contributed by atoms with Crippen molar-refractivity contribution in [2.75, 3.05) is 13.1 Å². The zero-order chi connectivity index (χ0) is 12.0. The van der Waals surface area contributed by atoms with Crippen molar-refractivity contribution in [2.24, 2.45) is 11.8 Å². The maximum absolute atomic E-state index is 10.9. The monoisotopic (exact) mass is 224 g/mol. The number of aliphatic carboxylic acids is 1. The molecule has 0 radical (unpaired) electrons. The van der Waals surface area contributed by atoms with Crippen molar-refractivity contribution in [3.8, 4) is 0 Å². The number of carbonyl (C=O) groups is 1. The van der Waals surface area contributed by atoms with Crippen LogP contribution in [0.5, 0.6) is 0 Å². The minimum absolute atomic E-state index is 0.164. The highest BCUT2D eigenvalue weighted by Gasteiger charge is 2.20. The van der Waals surface area contributed by atoms with Gasteiger partial charge in [0, 0.05) is 18.9 Å². The van der Waals surface area contributed by atoms with Crippen LogP contribution in [0.25, 0.3) is 0 Å². The first-order valence-corrected chi connectivity index (χ1v) is 5.66. The molecule has 0 saturated heterocycles. The van der Waals surface area contributed by atoms with E-state index in [9.17, 15) is 4.79 Å². The van der Waals surface area contributed by atoms with E-state index in [2.05, 4.69) is 10.3 Å². The summed E-state index contributed by atoms with van der Waals surface area (Å²) in [6.45, 7) is 5.23. The molecule has 3 N–H and O–H groups in total. The van der Waals surface area contributed by atoms with Gasteiger partial charge in [0.15, 0.2) is 0 Å². The number of aromatic amines is 1. The molecule has 0 aromatic carbocycles. The molecule has 0 aliphatic rings. The van der Waals surface area contributed by atoms with E-state index in [0.29, 0.717) is 6.54 Å². The van der Waals surface area contributed by atoms with Crippen molar-refractivity contribution in [2.45, 2.75) is 20.3 Å². The van der Waals surface area contributed by atoms with Gasteiger partial charge in [0.25, 0.3) is 0 Å². The summed E-state index contributed by atoms with van der Waals surface area (Å²) in [4.78, 5) is 13.9. The molecule has 4 nitrogen and oxygen atoms in total. The highest BCUT2D eigenvalue weighted by Crippen LogP contribution is 2.09. The zero-order valence-electron chi connectivity index (χ0n) is 9.86. The summed E-state index contributed by atoms with van der Waals surface area (Å²) < 4.78 is 0. The third-order valence-corrected chi connectivity index (χ3v) is 2.74. The number of carboxylic acids is 1. The number of H-pyrrole nitrogens is 1. The van der Waals surface area contributed by atoms with E-state index in [-0.39, 0.29) is 11.8 Å². The lowest BCUT2D eigenvalue weighted by molar-refractivity contribution is -0.143. The van der Waals surface area contributed by atoms with Gasteiger partial charge in [-0.1, -0.05) is 13.8 Å². The first-order valence-electron chi connectivity index (χ1n) is 5.66. The Morgan fingerprint density at radius 2 is 2.31 bits per heavy atom. The Kier molecular flexibility index (Phi) is 5.05. The van der Waals surface area contributed by atoms with Gasteiger partial charge >= 0.3 is 5.97 Å². The Morgan fingerprint density at radius 1 is 1.56 bits per heavy atom. The lowest BCUT2D eigenvalue weighted by Crippen LogP contribution is -2.33. The van der Waals surface area contributed by atoms with Gasteiger partial charge in [-0.15, -0.1) is 0 Å². The summed E-state index contributed by atoms with van der Waals surface area (Å²) in [7, 11) is 0. The normalized spacial score (nSPS) is 12.9. The largest absolute Gasteiger partial charge is 0.481 e. The summed E-state index contributed by atoms with van der Waals surface area (Å²) in [5, 5.41) is 12.2. The molecule has 1 rings (SSSR count). The topological polar surface area (TPSA) is 65.1 Å². The van der Waals surface area contributed by atoms with E-state index in [1.54, 1.807) is 0 Å². The molecule has 0 bridgehead atoms. The number of hydrogen-bond acceptors (Lipinski definition) is 2. The molecule has 0 spiro atoms. The van der Waals surface area contributed by atoms with Crippen LogP contribution in [0.2, 0.25) is 0 Å². The van der Waals surface area contributed by atoms with Crippen LogP contribution < -0.4 is 5.32 Å². The second-order valence-electron chi connectivity index (χ2n) is 4.36. The van der Waals surface area contributed by atoms with Crippen LogP contribution in [0.4, 0.5) is 0 Å². The first kappa shape index (κ1) is 12.8. The second kappa shape index (κ2) is 6.33. The molecule has 90 valence electrons. The highest BCUT2D eigenvalue weighted by molar-refractivity contribution is 5.70. The van der Waals surface area contributed by atoms with Crippen molar-refractivity contribution in [3.63, 3.8) is 0 Å². The van der Waals surface area contributed by atoms with Crippen molar-refractivity contribution >= 4 is 5.97 Å². The maximum Gasteiger partial charge on any atom is 0.308 e. The Labute approximate surface area is 96.1 Å². The van der Waals surface area contributed by atoms with E-state index in [4.69, 9.17) is 5.11 Å². The van der Waals surface area contributed by atoms with Crippen LogP contribution in [-0.4, -0.2) is 29.1 Å². The fourth-order valence-electron chi connectivity index (χ4n) is 1.61. The summed E-state index contributed by atoms with van der Waals surface area (Å²) in [5.41, 5.74) is 1.24. The van der Waals surface area contributed by atoms with Crippen LogP contribution in [-0.2, 0) is 11.2 Å². The molecule has 1 atom stereocenters. The van der Waals surface area contributed by atoms with Gasteiger partial charge in [-0.3, -0.25) is 4.79 Å². The second-order valence-corrected chi connectivity index (χ2v) is 4.36. The molecule has 0 fully saturated rings. The zero-order valence-corrected chi connectivity index (χ0v) is 9.86. The average molecular weight is 224 g/mol. The van der Waals surface area contributed by atoms with Crippen molar-refractivity contribution < 1.29 is 9.90 Å². The van der Waals surface area contributed by atoms with E-state index in [0.717, 1.165) is 13.0 Å². The van der Waals surface area contributed by atoms with Crippen LogP contribution in [0.15, 0.2) is 18.5 Å². The van der Waals surface area contributed by atoms with Crippen molar-refractivity contribution in [3.05, 3.63) is 24.0 Å². The quantitative estimate of drug-likeness (QED) is 0.615. The smallest absolute Gasteiger partial charge is 0.308 e. The van der Waals surface area contributed by atoms with Crippen LogP contribution >= 0.6 is 0 Å². The number of hydrogen-bond donors (Lipinski definition) is 3. The molecular formula is C12H20N2O2. The SMILES string of the molecule is CC(C)C(CNCCc1cc[nH]c1)C(=O)O. The van der Waals surface area contributed by atoms with E-state index in [1.165, 1.54) is 5.56 Å². The van der Waals surface area contributed by atoms with Crippen molar-refractivity contribution in [1.29, 1.82) is 0 Å². The maximum atomic E-state index is 10.9. The number of aromatic nitrogens is 1. The molecule has 1 aromatic heterocycles. The summed E-state index contributed by atoms with van der Waals surface area (Å²) >= 11 is 0. The van der Waals surface area contributed by atoms with Crippen LogP contribution in [0, 0.1) is 11.8 Å². The van der Waals surface area contributed by atoms with Gasteiger partial charge < -0.3 is 15.4 Å². The number of carboxylic acid groups (broad SMARTS) is 1. The number of nitrogens with one attached hydrogen (secondary N) is 2. The van der Waals surface area contributed by atoms with Gasteiger partial charge in [0.1, 0.15) is 0 Å². The predicted molar refractivity (Wildman–Crippen MR) is 63.3 cm³/mol. The Morgan fingerprint density at radius 3 is 2.81 bits per heavy atom. The summed E-state index contributed by atoms with van der Waals surface area (Å²) in [6.07, 6.45) is 4.77. The molecule has 0 amide bonds. The predicted octanol–water partition coefficient (Wildman–Crippen LogP) is 1.50. The molecule has 0 saturated carbocycles. The molecule has 1 unspecified atom stereocenters. The lowest BCUT2D eigenvalue weighted by Gasteiger charge is -2.16. The molecule has 0 aliphatic heterocycles. The Hall–Kier alpha value is -1.29. The van der Waals surface area contributed by atoms with Crippen molar-refractivity contribution in [1.82, 2.24) is 10.3 Å². The first-order chi connectivity index (χ1) is 7.61. The molecular weight excluding hydrogens is 204 g/mol. The molecule has 0 aliphatic carbocycles. The lowest BCUT2D eigenvalue weighted by atomic mass is 9.96. The fraction of sp³-hybridized carbons (Fsp3) is 0.583. The van der Waals surface area contributed by atoms with Gasteiger partial charge in [-0.25, -0.2) is 0 Å². The van der Waals surface area contributed by atoms with Gasteiger partial charge in [-0.2, -0.15) is 0 Å². The highest BCUT2D eigenvalue weighted by atomic mass is 16.4. The fourth-order valence-corrected chi connectivity index (χ4v) is 1.61. The number of rotatable bonds is 7. The van der Waals surface area contributed by atoms with E-state index >= 15 is 0 Å². The standard InChI is InChI=1S/C12H20N2O2/c1-9(2)11(12(15)16)8-14-6-4-10-3-5-13-7-10/h3,5,7,9,11,13-14H,4,6,8H2,1-2H3,(H,15,16). The van der Waals surface area contributed by atoms with E-state index < -0.39 is 5.97 Å². The Balaban J connectivity index is 2.21. The van der Waals surface area contributed by atoms with E-state index in [1.807, 2.05) is 32.3 Å². The molecule has 1 heterocycles. The van der Waals surface area contributed by atoms with Gasteiger partial charge in [0.05, 0.1) is 5.92 Å². The van der Waals surface area contributed by atoms with Crippen LogP contribution in [0.1, 0.15) is 19.4 Å². The third kappa shape index (κ3) is 4.06. The Bertz CT molecular complexity index is 307. The molecule has 16 heavy (non-hydrogen) atoms. The third-order valence-electron chi connectivity index (χ3n) is 2.74. The average Bonchev–Trinajstić information content (AvgIpc) is 2.68. The van der Waals surface area contributed by atoms with Gasteiger partial charge in [-0.05, 0) is 30.5 Å². The summed E-state index contributed by atoms with van der Waals surface area (Å²) in [5.74, 6) is -0.854. The summed E-state index contributed by atoms with van der Waals surface area (Å²) in [6, 6.07) is 2.03. The van der Waals surface area contributed by atoms with Gasteiger partial charge in [0.2, 0.25) is 0 Å². The molecule has 1 aromatic rings. The minimum atomic E-state index is -0.718.